The molecule has 0 aliphatic carbocycles. The number of fused-ring (bicyclic) bond motifs is 1. The Labute approximate surface area is 145 Å². The van der Waals surface area contributed by atoms with E-state index in [9.17, 15) is 9.90 Å². The number of aryl methyl sites for hydroxylation is 1. The fourth-order valence-electron chi connectivity index (χ4n) is 2.80. The molecule has 0 bridgehead atoms. The molecule has 1 aromatic carbocycles. The molecule has 2 aromatic rings. The van der Waals surface area contributed by atoms with Gasteiger partial charge in [-0.25, -0.2) is 4.79 Å². The Morgan fingerprint density at radius 2 is 2.29 bits per heavy atom. The van der Waals surface area contributed by atoms with Crippen LogP contribution in [0.2, 0.25) is 0 Å². The Hall–Kier alpha value is -1.92. The number of urea groups is 1. The average molecular weight is 346 g/mol. The van der Waals surface area contributed by atoms with Gasteiger partial charge in [0, 0.05) is 10.6 Å². The Morgan fingerprint density at radius 3 is 3.04 bits per heavy atom. The molecule has 2 amide bonds. The molecule has 5 nitrogen and oxygen atoms in total. The highest BCUT2D eigenvalue weighted by molar-refractivity contribution is 7.99. The molecule has 1 aliphatic rings. The van der Waals surface area contributed by atoms with Crippen molar-refractivity contribution in [3.63, 3.8) is 0 Å². The van der Waals surface area contributed by atoms with Gasteiger partial charge in [0.15, 0.2) is 0 Å². The molecule has 3 N–H and O–H groups in total. The summed E-state index contributed by atoms with van der Waals surface area (Å²) in [5, 5.41) is 16.1. The Bertz CT molecular complexity index is 713. The van der Waals surface area contributed by atoms with Crippen LogP contribution in [0.1, 0.15) is 36.3 Å². The van der Waals surface area contributed by atoms with E-state index < -0.39 is 5.60 Å². The number of hydrogen-bond donors (Lipinski definition) is 3. The third-order valence-corrected chi connectivity index (χ3v) is 5.28. The van der Waals surface area contributed by atoms with Crippen LogP contribution in [-0.2, 0) is 5.60 Å². The number of nitrogens with one attached hydrogen (secondary N) is 2. The molecule has 0 fully saturated rings. The first kappa shape index (κ1) is 16.9. The molecule has 0 spiro atoms. The van der Waals surface area contributed by atoms with E-state index in [1.807, 2.05) is 11.8 Å². The van der Waals surface area contributed by atoms with Gasteiger partial charge in [0.2, 0.25) is 0 Å². The highest BCUT2D eigenvalue weighted by atomic mass is 32.2. The van der Waals surface area contributed by atoms with Crippen LogP contribution in [0, 0.1) is 6.92 Å². The highest BCUT2D eigenvalue weighted by Crippen LogP contribution is 2.36. The van der Waals surface area contributed by atoms with Crippen molar-refractivity contribution < 1.29 is 14.3 Å². The van der Waals surface area contributed by atoms with Gasteiger partial charge in [0.1, 0.15) is 11.4 Å². The summed E-state index contributed by atoms with van der Waals surface area (Å²) in [4.78, 5) is 13.5. The van der Waals surface area contributed by atoms with Gasteiger partial charge >= 0.3 is 6.03 Å². The van der Waals surface area contributed by atoms with Crippen LogP contribution in [0.15, 0.2) is 45.9 Å². The maximum Gasteiger partial charge on any atom is 0.315 e. The number of carbonyl (C=O) groups is 1. The molecule has 128 valence electrons. The number of carbonyl (C=O) groups excluding carboxylic acids is 1. The van der Waals surface area contributed by atoms with E-state index in [0.717, 1.165) is 12.2 Å². The summed E-state index contributed by atoms with van der Waals surface area (Å²) >= 11 is 1.82. The standard InChI is InChI=1S/C18H22N2O3S/c1-12-5-6-15-13(10-12)14(7-9-24-15)20-17(21)19-11-18(2,22)16-4-3-8-23-16/h3-6,8,10,14,22H,7,9,11H2,1-2H3,(H2,19,20,21)/t14-,18+/m1/s1. The van der Waals surface area contributed by atoms with Crippen molar-refractivity contribution in [3.05, 3.63) is 53.5 Å². The van der Waals surface area contributed by atoms with Gasteiger partial charge in [0.25, 0.3) is 0 Å². The number of aliphatic hydroxyl groups is 1. The van der Waals surface area contributed by atoms with Gasteiger partial charge in [-0.1, -0.05) is 17.7 Å². The zero-order valence-electron chi connectivity index (χ0n) is 13.8. The average Bonchev–Trinajstić information content (AvgIpc) is 3.09. The molecular weight excluding hydrogens is 324 g/mol. The van der Waals surface area contributed by atoms with Crippen LogP contribution < -0.4 is 10.6 Å². The Kier molecular flexibility index (Phi) is 4.87. The van der Waals surface area contributed by atoms with Crippen molar-refractivity contribution in [3.8, 4) is 0 Å². The molecule has 6 heteroatoms. The molecule has 1 aromatic heterocycles. The van der Waals surface area contributed by atoms with Gasteiger partial charge in [-0.05, 0) is 44.0 Å². The fourth-order valence-corrected chi connectivity index (χ4v) is 3.90. The lowest BCUT2D eigenvalue weighted by Gasteiger charge is -2.27. The van der Waals surface area contributed by atoms with Crippen molar-refractivity contribution in [2.75, 3.05) is 12.3 Å². The zero-order chi connectivity index (χ0) is 17.2. The second-order valence-corrected chi connectivity index (χ2v) is 7.45. The molecular formula is C18H22N2O3S. The molecule has 0 saturated carbocycles. The number of amides is 2. The van der Waals surface area contributed by atoms with E-state index in [4.69, 9.17) is 4.42 Å². The maximum atomic E-state index is 12.3. The van der Waals surface area contributed by atoms with Crippen LogP contribution >= 0.6 is 11.8 Å². The van der Waals surface area contributed by atoms with E-state index in [1.54, 1.807) is 19.1 Å². The number of thioether (sulfide) groups is 1. The first-order valence-electron chi connectivity index (χ1n) is 8.00. The number of benzene rings is 1. The second-order valence-electron chi connectivity index (χ2n) is 6.31. The predicted molar refractivity (Wildman–Crippen MR) is 94.1 cm³/mol. The van der Waals surface area contributed by atoms with Crippen LogP contribution in [0.4, 0.5) is 4.79 Å². The monoisotopic (exact) mass is 346 g/mol. The molecule has 0 saturated heterocycles. The van der Waals surface area contributed by atoms with Gasteiger partial charge in [-0.2, -0.15) is 0 Å². The fraction of sp³-hybridized carbons (Fsp3) is 0.389. The summed E-state index contributed by atoms with van der Waals surface area (Å²) in [6.07, 6.45) is 2.39. The molecule has 1 aliphatic heterocycles. The summed E-state index contributed by atoms with van der Waals surface area (Å²) < 4.78 is 5.22. The quantitative estimate of drug-likeness (QED) is 0.794. The van der Waals surface area contributed by atoms with Gasteiger partial charge < -0.3 is 20.2 Å². The molecule has 24 heavy (non-hydrogen) atoms. The van der Waals surface area contributed by atoms with Crippen LogP contribution in [-0.4, -0.2) is 23.4 Å². The minimum absolute atomic E-state index is 0.00490. The molecule has 2 heterocycles. The van der Waals surface area contributed by atoms with E-state index >= 15 is 0 Å². The van der Waals surface area contributed by atoms with Crippen molar-refractivity contribution in [2.45, 2.75) is 36.8 Å². The van der Waals surface area contributed by atoms with Crippen LogP contribution in [0.3, 0.4) is 0 Å². The van der Waals surface area contributed by atoms with Crippen molar-refractivity contribution in [1.82, 2.24) is 10.6 Å². The molecule has 2 atom stereocenters. The smallest absolute Gasteiger partial charge is 0.315 e. The lowest BCUT2D eigenvalue weighted by molar-refractivity contribution is 0.0366. The van der Waals surface area contributed by atoms with Crippen molar-refractivity contribution >= 4 is 17.8 Å². The third kappa shape index (κ3) is 3.76. The van der Waals surface area contributed by atoms with Crippen molar-refractivity contribution in [1.29, 1.82) is 0 Å². The van der Waals surface area contributed by atoms with E-state index in [0.29, 0.717) is 5.76 Å². The third-order valence-electron chi connectivity index (χ3n) is 4.16. The minimum atomic E-state index is -1.24. The van der Waals surface area contributed by atoms with Gasteiger partial charge in [-0.15, -0.1) is 11.8 Å². The molecule has 3 rings (SSSR count). The predicted octanol–water partition coefficient (Wildman–Crippen LogP) is 3.33. The maximum absolute atomic E-state index is 12.3. The minimum Gasteiger partial charge on any atom is -0.466 e. The summed E-state index contributed by atoms with van der Waals surface area (Å²) in [6.45, 7) is 3.74. The molecule has 0 radical (unpaired) electrons. The van der Waals surface area contributed by atoms with Gasteiger partial charge in [-0.3, -0.25) is 0 Å². The zero-order valence-corrected chi connectivity index (χ0v) is 14.7. The Balaban J connectivity index is 1.61. The second kappa shape index (κ2) is 6.91. The van der Waals surface area contributed by atoms with Crippen molar-refractivity contribution in [2.24, 2.45) is 0 Å². The topological polar surface area (TPSA) is 74.5 Å². The van der Waals surface area contributed by atoms with Crippen LogP contribution in [0.25, 0.3) is 0 Å². The summed E-state index contributed by atoms with van der Waals surface area (Å²) in [6, 6.07) is 9.45. The number of furan rings is 1. The van der Waals surface area contributed by atoms with E-state index in [-0.39, 0.29) is 18.6 Å². The number of rotatable bonds is 4. The van der Waals surface area contributed by atoms with E-state index in [1.165, 1.54) is 22.3 Å². The molecule has 0 unspecified atom stereocenters. The SMILES string of the molecule is Cc1ccc2c(c1)[C@H](NC(=O)NC[C@](C)(O)c1ccco1)CCS2. The Morgan fingerprint density at radius 1 is 1.46 bits per heavy atom. The van der Waals surface area contributed by atoms with Crippen LogP contribution in [0.5, 0.6) is 0 Å². The summed E-state index contributed by atoms with van der Waals surface area (Å²) in [5.41, 5.74) is 1.11. The van der Waals surface area contributed by atoms with Gasteiger partial charge in [0.05, 0.1) is 18.8 Å². The summed E-state index contributed by atoms with van der Waals surface area (Å²) in [5.74, 6) is 1.41. The van der Waals surface area contributed by atoms with E-state index in [2.05, 4.69) is 35.8 Å². The largest absolute Gasteiger partial charge is 0.466 e. The number of hydrogen-bond acceptors (Lipinski definition) is 4. The lowest BCUT2D eigenvalue weighted by atomic mass is 10.0. The summed E-state index contributed by atoms with van der Waals surface area (Å²) in [7, 11) is 0. The first-order valence-corrected chi connectivity index (χ1v) is 8.98. The normalized spacial score (nSPS) is 19.2. The first-order chi connectivity index (χ1) is 11.5. The lowest BCUT2D eigenvalue weighted by Crippen LogP contribution is -2.44. The highest BCUT2D eigenvalue weighted by Gasteiger charge is 2.28.